The zero-order valence-electron chi connectivity index (χ0n) is 9.71. The van der Waals surface area contributed by atoms with Gasteiger partial charge in [-0.2, -0.15) is 0 Å². The number of rotatable bonds is 2. The Kier molecular flexibility index (Phi) is 6.45. The van der Waals surface area contributed by atoms with Gasteiger partial charge in [-0.05, 0) is 18.8 Å². The molecule has 0 aromatic heterocycles. The fourth-order valence-corrected chi connectivity index (χ4v) is 2.52. The summed E-state index contributed by atoms with van der Waals surface area (Å²) >= 11 is 0. The van der Waals surface area contributed by atoms with Crippen molar-refractivity contribution in [2.24, 2.45) is 5.92 Å². The van der Waals surface area contributed by atoms with E-state index in [9.17, 15) is 4.79 Å². The lowest BCUT2D eigenvalue weighted by Gasteiger charge is -2.18. The second-order valence-corrected chi connectivity index (χ2v) is 4.87. The van der Waals surface area contributed by atoms with Gasteiger partial charge >= 0.3 is 5.97 Å². The van der Waals surface area contributed by atoms with Crippen molar-refractivity contribution in [3.8, 4) is 0 Å². The maximum atomic E-state index is 10.3. The average molecular weight is 212 g/mol. The Morgan fingerprint density at radius 3 is 1.67 bits per heavy atom. The van der Waals surface area contributed by atoms with Crippen LogP contribution in [0.1, 0.15) is 70.6 Å². The minimum absolute atomic E-state index is 0.389. The molecule has 0 radical (unpaired) electrons. The van der Waals surface area contributed by atoms with Crippen LogP contribution in [0.2, 0.25) is 0 Å². The van der Waals surface area contributed by atoms with Crippen molar-refractivity contribution in [1.29, 1.82) is 0 Å². The largest absolute Gasteiger partial charge is 0.481 e. The SMILES string of the molecule is C1CCCC1.O=C(O)CC1CCCCC1. The van der Waals surface area contributed by atoms with Gasteiger partial charge in [-0.1, -0.05) is 51.4 Å². The summed E-state index contributed by atoms with van der Waals surface area (Å²) in [5.41, 5.74) is 0. The highest BCUT2D eigenvalue weighted by Gasteiger charge is 2.15. The fraction of sp³-hybridized carbons (Fsp3) is 0.923. The molecule has 2 aliphatic rings. The smallest absolute Gasteiger partial charge is 0.303 e. The van der Waals surface area contributed by atoms with Crippen LogP contribution in [0.4, 0.5) is 0 Å². The van der Waals surface area contributed by atoms with E-state index in [0.717, 1.165) is 12.8 Å². The molecule has 0 atom stereocenters. The van der Waals surface area contributed by atoms with E-state index in [0.29, 0.717) is 12.3 Å². The lowest BCUT2D eigenvalue weighted by atomic mass is 9.87. The topological polar surface area (TPSA) is 37.3 Å². The van der Waals surface area contributed by atoms with Gasteiger partial charge in [0, 0.05) is 6.42 Å². The number of carboxylic acid groups (broad SMARTS) is 1. The molecule has 0 aromatic carbocycles. The van der Waals surface area contributed by atoms with Crippen molar-refractivity contribution in [2.45, 2.75) is 70.6 Å². The second-order valence-electron chi connectivity index (χ2n) is 4.87. The first-order valence-electron chi connectivity index (χ1n) is 6.51. The molecular weight excluding hydrogens is 188 g/mol. The summed E-state index contributed by atoms with van der Waals surface area (Å²) < 4.78 is 0. The molecule has 2 rings (SSSR count). The van der Waals surface area contributed by atoms with E-state index in [-0.39, 0.29) is 0 Å². The van der Waals surface area contributed by atoms with Crippen LogP contribution in [0, 0.1) is 5.92 Å². The summed E-state index contributed by atoms with van der Waals surface area (Å²) in [4.78, 5) is 10.3. The quantitative estimate of drug-likeness (QED) is 0.751. The lowest BCUT2D eigenvalue weighted by molar-refractivity contribution is -0.138. The molecule has 2 nitrogen and oxygen atoms in total. The van der Waals surface area contributed by atoms with Crippen LogP contribution in [0.3, 0.4) is 0 Å². The Hall–Kier alpha value is -0.530. The summed E-state index contributed by atoms with van der Waals surface area (Å²) in [7, 11) is 0. The van der Waals surface area contributed by atoms with E-state index in [1.54, 1.807) is 0 Å². The van der Waals surface area contributed by atoms with Gasteiger partial charge in [0.1, 0.15) is 0 Å². The molecule has 0 saturated heterocycles. The Morgan fingerprint density at radius 1 is 0.867 bits per heavy atom. The zero-order chi connectivity index (χ0) is 10.9. The Labute approximate surface area is 93.1 Å². The molecule has 0 unspecified atom stereocenters. The van der Waals surface area contributed by atoms with Gasteiger partial charge in [-0.15, -0.1) is 0 Å². The third-order valence-electron chi connectivity index (χ3n) is 3.44. The molecule has 0 amide bonds. The monoisotopic (exact) mass is 212 g/mol. The fourth-order valence-electron chi connectivity index (χ4n) is 2.52. The van der Waals surface area contributed by atoms with Gasteiger partial charge in [0.2, 0.25) is 0 Å². The third-order valence-corrected chi connectivity index (χ3v) is 3.44. The zero-order valence-corrected chi connectivity index (χ0v) is 9.71. The van der Waals surface area contributed by atoms with E-state index < -0.39 is 5.97 Å². The Morgan fingerprint density at radius 2 is 1.27 bits per heavy atom. The minimum Gasteiger partial charge on any atom is -0.481 e. The molecule has 0 heterocycles. The summed E-state index contributed by atoms with van der Waals surface area (Å²) in [5, 5.41) is 8.47. The molecule has 15 heavy (non-hydrogen) atoms. The number of carboxylic acids is 1. The number of aliphatic carboxylic acids is 1. The molecule has 0 aliphatic heterocycles. The van der Waals surface area contributed by atoms with Crippen molar-refractivity contribution in [1.82, 2.24) is 0 Å². The van der Waals surface area contributed by atoms with Crippen LogP contribution in [-0.4, -0.2) is 11.1 Å². The predicted molar refractivity (Wildman–Crippen MR) is 61.9 cm³/mol. The molecular formula is C13H24O2. The second kappa shape index (κ2) is 7.72. The van der Waals surface area contributed by atoms with E-state index in [2.05, 4.69) is 0 Å². The lowest BCUT2D eigenvalue weighted by Crippen LogP contribution is -2.10. The molecule has 88 valence electrons. The summed E-state index contributed by atoms with van der Waals surface area (Å²) in [6.45, 7) is 0. The molecule has 1 N–H and O–H groups in total. The van der Waals surface area contributed by atoms with E-state index >= 15 is 0 Å². The van der Waals surface area contributed by atoms with Gasteiger partial charge in [0.15, 0.2) is 0 Å². The standard InChI is InChI=1S/C8H14O2.C5H10/c9-8(10)6-7-4-2-1-3-5-7;1-2-4-5-3-1/h7H,1-6H2,(H,9,10);1-5H2. The third kappa shape index (κ3) is 6.53. The molecule has 2 fully saturated rings. The number of hydrogen-bond donors (Lipinski definition) is 1. The predicted octanol–water partition coefficient (Wildman–Crippen LogP) is 3.99. The van der Waals surface area contributed by atoms with Gasteiger partial charge in [0.05, 0.1) is 0 Å². The molecule has 2 saturated carbocycles. The highest BCUT2D eigenvalue weighted by Crippen LogP contribution is 2.25. The van der Waals surface area contributed by atoms with Crippen molar-refractivity contribution in [3.63, 3.8) is 0 Å². The van der Waals surface area contributed by atoms with Crippen LogP contribution in [-0.2, 0) is 4.79 Å². The average Bonchev–Trinajstić information content (AvgIpc) is 2.76. The first-order chi connectivity index (χ1) is 7.29. The van der Waals surface area contributed by atoms with Gasteiger partial charge in [-0.3, -0.25) is 4.79 Å². The van der Waals surface area contributed by atoms with Gasteiger partial charge < -0.3 is 5.11 Å². The molecule has 0 spiro atoms. The van der Waals surface area contributed by atoms with Gasteiger partial charge in [0.25, 0.3) is 0 Å². The minimum atomic E-state index is -0.632. The van der Waals surface area contributed by atoms with Crippen molar-refractivity contribution >= 4 is 5.97 Å². The van der Waals surface area contributed by atoms with Crippen LogP contribution < -0.4 is 0 Å². The van der Waals surface area contributed by atoms with Crippen LogP contribution in [0.25, 0.3) is 0 Å². The normalized spacial score (nSPS) is 21.9. The van der Waals surface area contributed by atoms with E-state index in [4.69, 9.17) is 5.11 Å². The van der Waals surface area contributed by atoms with Crippen molar-refractivity contribution in [3.05, 3.63) is 0 Å². The first kappa shape index (κ1) is 12.5. The molecule has 0 bridgehead atoms. The summed E-state index contributed by atoms with van der Waals surface area (Å²) in [5.74, 6) is -0.154. The maximum absolute atomic E-state index is 10.3. The summed E-state index contributed by atoms with van der Waals surface area (Å²) in [6.07, 6.45) is 13.9. The maximum Gasteiger partial charge on any atom is 0.303 e. The van der Waals surface area contributed by atoms with Crippen LogP contribution in [0.15, 0.2) is 0 Å². The van der Waals surface area contributed by atoms with E-state index in [1.165, 1.54) is 51.4 Å². The number of hydrogen-bond acceptors (Lipinski definition) is 1. The summed E-state index contributed by atoms with van der Waals surface area (Å²) in [6, 6.07) is 0. The van der Waals surface area contributed by atoms with Crippen molar-refractivity contribution < 1.29 is 9.90 Å². The van der Waals surface area contributed by atoms with Crippen LogP contribution in [0.5, 0.6) is 0 Å². The first-order valence-corrected chi connectivity index (χ1v) is 6.51. The molecule has 0 aromatic rings. The van der Waals surface area contributed by atoms with E-state index in [1.807, 2.05) is 0 Å². The molecule has 2 heteroatoms. The van der Waals surface area contributed by atoms with Crippen LogP contribution >= 0.6 is 0 Å². The number of carbonyl (C=O) groups is 1. The molecule has 2 aliphatic carbocycles. The Balaban J connectivity index is 0.000000187. The highest BCUT2D eigenvalue weighted by atomic mass is 16.4. The Bertz CT molecular complexity index is 160. The van der Waals surface area contributed by atoms with Gasteiger partial charge in [-0.25, -0.2) is 0 Å². The highest BCUT2D eigenvalue weighted by molar-refractivity contribution is 5.66. The van der Waals surface area contributed by atoms with Crippen molar-refractivity contribution in [2.75, 3.05) is 0 Å².